The normalized spacial score (nSPS) is 13.0. The van der Waals surface area contributed by atoms with Gasteiger partial charge in [-0.05, 0) is 53.8 Å². The first-order valence-electron chi connectivity index (χ1n) is 10.8. The fourth-order valence-electron chi connectivity index (χ4n) is 3.92. The number of ether oxygens (including phenoxy) is 3. The molecule has 4 heteroatoms. The van der Waals surface area contributed by atoms with E-state index in [1.54, 1.807) is 14.2 Å². The molecule has 0 aliphatic carbocycles. The molecule has 32 heavy (non-hydrogen) atoms. The third-order valence-corrected chi connectivity index (χ3v) is 5.55. The van der Waals surface area contributed by atoms with Crippen molar-refractivity contribution in [2.24, 2.45) is 5.92 Å². The van der Waals surface area contributed by atoms with Crippen LogP contribution in [0.5, 0.6) is 11.5 Å². The molecule has 0 radical (unpaired) electrons. The lowest BCUT2D eigenvalue weighted by Crippen LogP contribution is -2.34. The summed E-state index contributed by atoms with van der Waals surface area (Å²) in [6.07, 6.45) is 2.05. The summed E-state index contributed by atoms with van der Waals surface area (Å²) in [4.78, 5) is 0. The van der Waals surface area contributed by atoms with Crippen LogP contribution in [-0.2, 0) is 10.3 Å². The first kappa shape index (κ1) is 23.6. The van der Waals surface area contributed by atoms with Gasteiger partial charge in [-0.15, -0.1) is 0 Å². The van der Waals surface area contributed by atoms with E-state index in [0.717, 1.165) is 33.8 Å². The summed E-state index contributed by atoms with van der Waals surface area (Å²) in [5.74, 6) is 1.71. The highest BCUT2D eigenvalue weighted by molar-refractivity contribution is 5.49. The van der Waals surface area contributed by atoms with Gasteiger partial charge < -0.3 is 19.3 Å². The third-order valence-electron chi connectivity index (χ3n) is 5.55. The number of methoxy groups -OCH3 is 2. The third kappa shape index (κ3) is 5.21. The summed E-state index contributed by atoms with van der Waals surface area (Å²) in [5.41, 5.74) is 3.15. The van der Waals surface area contributed by atoms with Crippen LogP contribution in [0.25, 0.3) is 0 Å². The molecule has 0 saturated carbocycles. The Balaban J connectivity index is 2.16. The summed E-state index contributed by atoms with van der Waals surface area (Å²) >= 11 is 0. The summed E-state index contributed by atoms with van der Waals surface area (Å²) in [5, 5.41) is 9.41. The highest BCUT2D eigenvalue weighted by Crippen LogP contribution is 2.42. The van der Waals surface area contributed by atoms with Crippen LogP contribution in [0.3, 0.4) is 0 Å². The Morgan fingerprint density at radius 1 is 0.812 bits per heavy atom. The van der Waals surface area contributed by atoms with Gasteiger partial charge in [0.05, 0.1) is 27.4 Å². The van der Waals surface area contributed by atoms with Crippen molar-refractivity contribution in [1.29, 1.82) is 0 Å². The van der Waals surface area contributed by atoms with Crippen LogP contribution in [0.4, 0.5) is 0 Å². The highest BCUT2D eigenvalue weighted by Gasteiger charge is 2.38. The van der Waals surface area contributed by atoms with Gasteiger partial charge in [-0.3, -0.25) is 0 Å². The zero-order valence-corrected chi connectivity index (χ0v) is 19.2. The number of benzene rings is 3. The van der Waals surface area contributed by atoms with Gasteiger partial charge in [0.2, 0.25) is 0 Å². The van der Waals surface area contributed by atoms with Crippen LogP contribution in [0.1, 0.15) is 30.5 Å². The van der Waals surface area contributed by atoms with E-state index in [9.17, 15) is 5.11 Å². The van der Waals surface area contributed by atoms with E-state index in [1.807, 2.05) is 49.4 Å². The minimum atomic E-state index is -0.824. The van der Waals surface area contributed by atoms with E-state index in [1.165, 1.54) is 0 Å². The molecule has 4 nitrogen and oxygen atoms in total. The maximum Gasteiger partial charge on any atom is 0.143 e. The molecule has 0 heterocycles. The van der Waals surface area contributed by atoms with Gasteiger partial charge in [0.15, 0.2) is 0 Å². The number of rotatable bonds is 10. The lowest BCUT2D eigenvalue weighted by atomic mass is 9.80. The minimum Gasteiger partial charge on any atom is -0.497 e. The van der Waals surface area contributed by atoms with Crippen LogP contribution in [0.2, 0.25) is 0 Å². The van der Waals surface area contributed by atoms with Crippen molar-refractivity contribution in [3.8, 4) is 11.5 Å². The molecule has 1 N–H and O–H groups in total. The van der Waals surface area contributed by atoms with E-state index >= 15 is 0 Å². The van der Waals surface area contributed by atoms with Crippen LogP contribution < -0.4 is 9.47 Å². The van der Waals surface area contributed by atoms with E-state index in [2.05, 4.69) is 49.4 Å². The van der Waals surface area contributed by atoms with Crippen LogP contribution in [0.15, 0.2) is 90.5 Å². The molecule has 0 amide bonds. The fraction of sp³-hybridized carbons (Fsp3) is 0.286. The number of aliphatic hydroxyl groups is 1. The van der Waals surface area contributed by atoms with Gasteiger partial charge in [0, 0.05) is 0 Å². The Bertz CT molecular complexity index is 944. The van der Waals surface area contributed by atoms with Crippen molar-refractivity contribution in [1.82, 2.24) is 0 Å². The second-order valence-electron chi connectivity index (χ2n) is 7.96. The molecular weight excluding hydrogens is 400 g/mol. The maximum atomic E-state index is 9.41. The highest BCUT2D eigenvalue weighted by atomic mass is 16.5. The molecule has 3 aromatic rings. The predicted molar refractivity (Wildman–Crippen MR) is 128 cm³/mol. The van der Waals surface area contributed by atoms with E-state index < -0.39 is 5.60 Å². The Morgan fingerprint density at radius 3 is 1.72 bits per heavy atom. The summed E-state index contributed by atoms with van der Waals surface area (Å²) in [6.45, 7) is 4.54. The monoisotopic (exact) mass is 432 g/mol. The summed E-state index contributed by atoms with van der Waals surface area (Å²) < 4.78 is 17.6. The topological polar surface area (TPSA) is 47.9 Å². The van der Waals surface area contributed by atoms with Crippen molar-refractivity contribution < 1.29 is 19.3 Å². The van der Waals surface area contributed by atoms with Gasteiger partial charge >= 0.3 is 0 Å². The van der Waals surface area contributed by atoms with Gasteiger partial charge in [-0.2, -0.15) is 0 Å². The lowest BCUT2D eigenvalue weighted by molar-refractivity contribution is 0.00163. The smallest absolute Gasteiger partial charge is 0.143 e. The van der Waals surface area contributed by atoms with Gasteiger partial charge in [0.25, 0.3) is 0 Å². The van der Waals surface area contributed by atoms with Gasteiger partial charge in [0.1, 0.15) is 17.1 Å². The van der Waals surface area contributed by atoms with E-state index in [0.29, 0.717) is 6.61 Å². The molecule has 0 saturated heterocycles. The molecule has 0 spiro atoms. The summed E-state index contributed by atoms with van der Waals surface area (Å²) in [7, 11) is 3.33. The Labute approximate surface area is 191 Å². The van der Waals surface area contributed by atoms with E-state index in [-0.39, 0.29) is 12.5 Å². The molecule has 0 aliphatic heterocycles. The molecule has 168 valence electrons. The largest absolute Gasteiger partial charge is 0.497 e. The number of aliphatic hydroxyl groups excluding tert-OH is 1. The Morgan fingerprint density at radius 2 is 1.28 bits per heavy atom. The molecule has 0 aliphatic rings. The maximum absolute atomic E-state index is 9.41. The standard InChI is InChI=1S/C28H32O4/c1-21(19-29)18-22(2)20-32-28(23-8-6-5-7-9-23,24-10-14-26(30-3)15-11-24)25-12-16-27(31-4)17-13-25/h5-18,22,29H,19-20H2,1-4H3/b21-18+/t22-/m0/s1. The average molecular weight is 433 g/mol. The molecule has 0 bridgehead atoms. The van der Waals surface area contributed by atoms with Crippen molar-refractivity contribution in [3.05, 3.63) is 107 Å². The summed E-state index contributed by atoms with van der Waals surface area (Å²) in [6, 6.07) is 26.3. The predicted octanol–water partition coefficient (Wildman–Crippen LogP) is 5.59. The second-order valence-corrected chi connectivity index (χ2v) is 7.96. The van der Waals surface area contributed by atoms with Crippen LogP contribution >= 0.6 is 0 Å². The first-order chi connectivity index (χ1) is 15.5. The fourth-order valence-corrected chi connectivity index (χ4v) is 3.92. The van der Waals surface area contributed by atoms with Crippen molar-refractivity contribution >= 4 is 0 Å². The molecular formula is C28H32O4. The van der Waals surface area contributed by atoms with E-state index in [4.69, 9.17) is 14.2 Å². The number of hydrogen-bond acceptors (Lipinski definition) is 4. The molecule has 0 aromatic heterocycles. The Hall–Kier alpha value is -3.08. The zero-order chi connectivity index (χ0) is 23.0. The second kappa shape index (κ2) is 11.0. The SMILES string of the molecule is COc1ccc(C(OC[C@@H](C)/C=C(\C)CO)(c2ccccc2)c2ccc(OC)cc2)cc1. The van der Waals surface area contributed by atoms with Crippen molar-refractivity contribution in [2.75, 3.05) is 27.4 Å². The zero-order valence-electron chi connectivity index (χ0n) is 19.2. The minimum absolute atomic E-state index is 0.0468. The molecule has 3 aromatic carbocycles. The molecule has 3 rings (SSSR count). The Kier molecular flexibility index (Phi) is 8.09. The van der Waals surface area contributed by atoms with Gasteiger partial charge in [-0.25, -0.2) is 0 Å². The number of hydrogen-bond donors (Lipinski definition) is 1. The molecule has 1 atom stereocenters. The average Bonchev–Trinajstić information content (AvgIpc) is 2.85. The van der Waals surface area contributed by atoms with Gasteiger partial charge in [-0.1, -0.05) is 73.2 Å². The van der Waals surface area contributed by atoms with Crippen LogP contribution in [-0.4, -0.2) is 32.5 Å². The molecule has 0 unspecified atom stereocenters. The van der Waals surface area contributed by atoms with Crippen molar-refractivity contribution in [3.63, 3.8) is 0 Å². The van der Waals surface area contributed by atoms with Crippen molar-refractivity contribution in [2.45, 2.75) is 19.4 Å². The lowest BCUT2D eigenvalue weighted by Gasteiger charge is -2.36. The first-order valence-corrected chi connectivity index (χ1v) is 10.8. The quantitative estimate of drug-likeness (QED) is 0.335. The molecule has 0 fully saturated rings. The van der Waals surface area contributed by atoms with Crippen LogP contribution in [0, 0.1) is 5.92 Å².